The number of rotatable bonds is 4. The minimum atomic E-state index is 0. The van der Waals surface area contributed by atoms with Gasteiger partial charge in [-0.15, -0.1) is 11.3 Å². The molecule has 0 saturated carbocycles. The molecule has 0 aliphatic heterocycles. The monoisotopic (exact) mass is 456 g/mol. The third-order valence-electron chi connectivity index (χ3n) is 4.22. The Morgan fingerprint density at radius 3 is 2.26 bits per heavy atom. The van der Waals surface area contributed by atoms with Crippen molar-refractivity contribution < 1.29 is 18.4 Å². The van der Waals surface area contributed by atoms with E-state index in [2.05, 4.69) is 59.2 Å². The number of hydrogen-bond acceptors (Lipinski definition) is 3. The summed E-state index contributed by atoms with van der Waals surface area (Å²) in [5.41, 5.74) is 6.51. The van der Waals surface area contributed by atoms with E-state index in [1.165, 1.54) is 11.1 Å². The average Bonchev–Trinajstić information content (AvgIpc) is 3.14. The largest absolute Gasteiger partial charge is 1.00 e. The Balaban J connectivity index is 0.00000140. The van der Waals surface area contributed by atoms with Gasteiger partial charge in [0.25, 0.3) is 0 Å². The van der Waals surface area contributed by atoms with E-state index in [0.29, 0.717) is 0 Å². The van der Waals surface area contributed by atoms with Crippen LogP contribution in [-0.2, 0) is 0 Å². The van der Waals surface area contributed by atoms with Gasteiger partial charge in [0, 0.05) is 21.7 Å². The van der Waals surface area contributed by atoms with Gasteiger partial charge in [-0.05, 0) is 35.7 Å². The van der Waals surface area contributed by atoms with E-state index in [1.54, 1.807) is 11.3 Å². The number of nitrogens with zero attached hydrogens (tertiary/aromatic N) is 1. The molecule has 0 atom stereocenters. The van der Waals surface area contributed by atoms with Crippen LogP contribution in [0.4, 0.5) is 10.8 Å². The summed E-state index contributed by atoms with van der Waals surface area (Å²) in [6.45, 7) is 1.99. The lowest BCUT2D eigenvalue weighted by Gasteiger charge is -2.05. The number of aryl methyl sites for hydroxylation is 1. The molecule has 27 heavy (non-hydrogen) atoms. The molecule has 0 unspecified atom stereocenters. The first kappa shape index (κ1) is 19.6. The molecule has 2 nitrogen and oxygen atoms in total. The third kappa shape index (κ3) is 4.59. The predicted molar refractivity (Wildman–Crippen MR) is 114 cm³/mol. The zero-order valence-corrected chi connectivity index (χ0v) is 17.8. The van der Waals surface area contributed by atoms with E-state index in [0.717, 1.165) is 32.7 Å². The second-order valence-electron chi connectivity index (χ2n) is 6.07. The van der Waals surface area contributed by atoms with E-state index in [9.17, 15) is 0 Å². The van der Waals surface area contributed by atoms with E-state index >= 15 is 0 Å². The van der Waals surface area contributed by atoms with Crippen molar-refractivity contribution >= 4 is 33.8 Å². The first-order chi connectivity index (χ1) is 12.7. The van der Waals surface area contributed by atoms with Crippen molar-refractivity contribution in [3.63, 3.8) is 0 Å². The quantitative estimate of drug-likeness (QED) is 0.494. The molecule has 0 saturated heterocycles. The maximum Gasteiger partial charge on any atom is 1.00 e. The Bertz CT molecular complexity index is 1040. The predicted octanol–water partition coefficient (Wildman–Crippen LogP) is 4.30. The number of thiazole rings is 1. The van der Waals surface area contributed by atoms with Gasteiger partial charge in [-0.3, -0.25) is 0 Å². The van der Waals surface area contributed by atoms with Crippen molar-refractivity contribution in [3.05, 3.63) is 88.8 Å². The van der Waals surface area contributed by atoms with E-state index in [-0.39, 0.29) is 18.4 Å². The van der Waals surface area contributed by atoms with Crippen LogP contribution in [0.1, 0.15) is 6.99 Å². The molecule has 0 fully saturated rings. The summed E-state index contributed by atoms with van der Waals surface area (Å²) >= 11 is 7.77. The van der Waals surface area contributed by atoms with Gasteiger partial charge in [-0.1, -0.05) is 72.3 Å². The van der Waals surface area contributed by atoms with Crippen molar-refractivity contribution in [2.75, 3.05) is 5.32 Å². The van der Waals surface area contributed by atoms with Gasteiger partial charge in [0.2, 0.25) is 0 Å². The van der Waals surface area contributed by atoms with Gasteiger partial charge in [-0.25, -0.2) is 4.98 Å². The molecular formula is C22H18BrClN2S. The second kappa shape index (κ2) is 8.70. The molecule has 4 aromatic rings. The van der Waals surface area contributed by atoms with Crippen molar-refractivity contribution in [1.82, 2.24) is 4.98 Å². The minimum absolute atomic E-state index is 0. The van der Waals surface area contributed by atoms with Crippen molar-refractivity contribution in [2.45, 2.75) is 6.92 Å². The summed E-state index contributed by atoms with van der Waals surface area (Å²) in [6, 6.07) is 24.8. The highest BCUT2D eigenvalue weighted by Gasteiger charge is 2.06. The number of hydrogen-bond donors (Lipinski definition) is 1. The van der Waals surface area contributed by atoms with Crippen LogP contribution in [0.5, 0.6) is 0 Å². The lowest BCUT2D eigenvalue weighted by atomic mass is 10.0. The zero-order chi connectivity index (χ0) is 17.9. The Labute approximate surface area is 180 Å². The van der Waals surface area contributed by atoms with Gasteiger partial charge in [0.05, 0.1) is 5.69 Å². The highest BCUT2D eigenvalue weighted by atomic mass is 79.9. The van der Waals surface area contributed by atoms with E-state index < -0.39 is 0 Å². The lowest BCUT2D eigenvalue weighted by Crippen LogP contribution is -3.00. The van der Waals surface area contributed by atoms with Crippen LogP contribution in [0, 0.1) is 6.92 Å². The fourth-order valence-electron chi connectivity index (χ4n) is 2.72. The van der Waals surface area contributed by atoms with Crippen LogP contribution >= 0.6 is 22.9 Å². The first-order valence-electron chi connectivity index (χ1n) is 8.33. The van der Waals surface area contributed by atoms with Crippen LogP contribution in [0.25, 0.3) is 22.4 Å². The highest BCUT2D eigenvalue weighted by Crippen LogP contribution is 2.30. The number of halogens is 2. The van der Waals surface area contributed by atoms with Gasteiger partial charge >= 0.3 is 1.43 Å². The molecule has 0 radical (unpaired) electrons. The lowest BCUT2D eigenvalue weighted by molar-refractivity contribution is -0.00000500. The first-order valence-corrected chi connectivity index (χ1v) is 9.59. The summed E-state index contributed by atoms with van der Waals surface area (Å²) in [6.07, 6.45) is 0. The van der Waals surface area contributed by atoms with Crippen LogP contribution in [-0.4, -0.2) is 4.98 Å². The summed E-state index contributed by atoms with van der Waals surface area (Å²) in [5.74, 6) is 0. The SMILES string of the molecule is Cc1ccc(Nc2nc(-c3ccc(-c4ccccc4)cc3)cs2)cc1Cl.[Br-].[H+]. The van der Waals surface area contributed by atoms with Crippen molar-refractivity contribution in [2.24, 2.45) is 0 Å². The van der Waals surface area contributed by atoms with Gasteiger partial charge in [0.15, 0.2) is 5.13 Å². The molecule has 0 spiro atoms. The molecule has 1 aromatic heterocycles. The Morgan fingerprint density at radius 1 is 0.889 bits per heavy atom. The smallest absolute Gasteiger partial charge is 1.00 e. The maximum atomic E-state index is 6.19. The molecule has 5 heteroatoms. The molecule has 1 N–H and O–H groups in total. The van der Waals surface area contributed by atoms with Crippen molar-refractivity contribution in [1.29, 1.82) is 0 Å². The second-order valence-corrected chi connectivity index (χ2v) is 7.34. The normalized spacial score (nSPS) is 10.3. The van der Waals surface area contributed by atoms with Crippen LogP contribution in [0.2, 0.25) is 5.02 Å². The number of benzene rings is 3. The number of aromatic nitrogens is 1. The van der Waals surface area contributed by atoms with Crippen molar-refractivity contribution in [3.8, 4) is 22.4 Å². The molecule has 3 aromatic carbocycles. The topological polar surface area (TPSA) is 24.9 Å². The number of nitrogens with one attached hydrogen (secondary N) is 1. The minimum Gasteiger partial charge on any atom is -1.00 e. The molecule has 0 aliphatic rings. The Morgan fingerprint density at radius 2 is 1.56 bits per heavy atom. The molecular weight excluding hydrogens is 440 g/mol. The summed E-state index contributed by atoms with van der Waals surface area (Å²) in [4.78, 5) is 4.69. The molecule has 4 rings (SSSR count). The molecule has 1 heterocycles. The molecule has 0 amide bonds. The van der Waals surface area contributed by atoms with Crippen LogP contribution < -0.4 is 22.3 Å². The van der Waals surface area contributed by atoms with Crippen LogP contribution in [0.3, 0.4) is 0 Å². The summed E-state index contributed by atoms with van der Waals surface area (Å²) < 4.78 is 0. The highest BCUT2D eigenvalue weighted by molar-refractivity contribution is 7.14. The average molecular weight is 458 g/mol. The molecule has 0 aliphatic carbocycles. The van der Waals surface area contributed by atoms with E-state index in [4.69, 9.17) is 16.6 Å². The van der Waals surface area contributed by atoms with Gasteiger partial charge in [0.1, 0.15) is 0 Å². The van der Waals surface area contributed by atoms with Gasteiger partial charge < -0.3 is 22.3 Å². The van der Waals surface area contributed by atoms with Gasteiger partial charge in [-0.2, -0.15) is 0 Å². The molecule has 0 bridgehead atoms. The zero-order valence-electron chi connectivity index (χ0n) is 15.6. The standard InChI is InChI=1S/C22H17ClN2S.BrH/c1-15-7-12-19(13-20(15)23)24-22-25-21(14-26-22)18-10-8-17(9-11-18)16-5-3-2-4-6-16;/h2-14H,1H3,(H,24,25);1H. The fourth-order valence-corrected chi connectivity index (χ4v) is 3.64. The van der Waals surface area contributed by atoms with E-state index in [1.807, 2.05) is 31.2 Å². The third-order valence-corrected chi connectivity index (χ3v) is 5.38. The summed E-state index contributed by atoms with van der Waals surface area (Å²) in [7, 11) is 0. The van der Waals surface area contributed by atoms with Crippen LogP contribution in [0.15, 0.2) is 78.2 Å². The Hall–Kier alpha value is -2.14. The Kier molecular flexibility index (Phi) is 6.32. The maximum absolute atomic E-state index is 6.19. The fraction of sp³-hybridized carbons (Fsp3) is 0.0455. The number of anilines is 2. The molecule has 136 valence electrons. The summed E-state index contributed by atoms with van der Waals surface area (Å²) in [5, 5.41) is 6.99.